The molecular weight excluding hydrogens is 234 g/mol. The molecule has 110 valence electrons. The smallest absolute Gasteiger partial charge is 0.0504 e. The topological polar surface area (TPSA) is 32.5 Å². The highest BCUT2D eigenvalue weighted by molar-refractivity contribution is 5.12. The zero-order valence-corrected chi connectivity index (χ0v) is 12.8. The van der Waals surface area contributed by atoms with Gasteiger partial charge in [-0.3, -0.25) is 9.80 Å². The Morgan fingerprint density at radius 1 is 1.16 bits per heavy atom. The van der Waals surface area contributed by atoms with Crippen LogP contribution in [0.25, 0.3) is 0 Å². The summed E-state index contributed by atoms with van der Waals surface area (Å²) in [4.78, 5) is 5.61. The Bertz CT molecular complexity index is 319. The summed E-state index contributed by atoms with van der Waals surface area (Å²) in [6.07, 6.45) is 9.51. The maximum atomic E-state index is 6.37. The van der Waals surface area contributed by atoms with Crippen molar-refractivity contribution in [3.8, 4) is 0 Å². The lowest BCUT2D eigenvalue weighted by atomic mass is 9.82. The highest BCUT2D eigenvalue weighted by atomic mass is 15.4. The van der Waals surface area contributed by atoms with Gasteiger partial charge in [-0.1, -0.05) is 13.3 Å². The summed E-state index contributed by atoms with van der Waals surface area (Å²) in [5.41, 5.74) is 6.66. The standard InChI is InChI=1S/C16H31N3/c1-3-14-8-7-13(2)19(14)16(12-17)9-11-18-10-5-4-6-15(16)18/h13-15H,3-12,17H2,1-2H3. The Morgan fingerprint density at radius 2 is 2.00 bits per heavy atom. The van der Waals surface area contributed by atoms with Gasteiger partial charge in [-0.15, -0.1) is 0 Å². The van der Waals surface area contributed by atoms with Gasteiger partial charge in [-0.2, -0.15) is 0 Å². The Kier molecular flexibility index (Phi) is 3.89. The van der Waals surface area contributed by atoms with Crippen molar-refractivity contribution in [2.75, 3.05) is 19.6 Å². The molecule has 0 aromatic rings. The van der Waals surface area contributed by atoms with Crippen molar-refractivity contribution in [1.82, 2.24) is 9.80 Å². The van der Waals surface area contributed by atoms with Crippen LogP contribution in [0.5, 0.6) is 0 Å². The van der Waals surface area contributed by atoms with Crippen LogP contribution < -0.4 is 5.73 Å². The van der Waals surface area contributed by atoms with Crippen molar-refractivity contribution in [1.29, 1.82) is 0 Å². The molecule has 3 fully saturated rings. The van der Waals surface area contributed by atoms with Gasteiger partial charge in [-0.25, -0.2) is 0 Å². The highest BCUT2D eigenvalue weighted by Gasteiger charge is 2.54. The average molecular weight is 265 g/mol. The number of hydrogen-bond acceptors (Lipinski definition) is 3. The van der Waals surface area contributed by atoms with Gasteiger partial charge < -0.3 is 5.73 Å². The van der Waals surface area contributed by atoms with E-state index < -0.39 is 0 Å². The molecule has 3 aliphatic heterocycles. The molecule has 0 radical (unpaired) electrons. The predicted octanol–water partition coefficient (Wildman–Crippen LogP) is 2.21. The molecule has 0 aromatic heterocycles. The monoisotopic (exact) mass is 265 g/mol. The van der Waals surface area contributed by atoms with Crippen LogP contribution in [0.2, 0.25) is 0 Å². The zero-order valence-electron chi connectivity index (χ0n) is 12.8. The third-order valence-electron chi connectivity index (χ3n) is 6.19. The third-order valence-corrected chi connectivity index (χ3v) is 6.19. The molecule has 0 spiro atoms. The van der Waals surface area contributed by atoms with Crippen LogP contribution in [0.1, 0.15) is 58.8 Å². The molecule has 0 bridgehead atoms. The SMILES string of the molecule is CCC1CCC(C)N1C1(CN)CCN2CCCCC21. The summed E-state index contributed by atoms with van der Waals surface area (Å²) >= 11 is 0. The molecule has 0 aliphatic carbocycles. The van der Waals surface area contributed by atoms with Crippen molar-refractivity contribution < 1.29 is 0 Å². The fourth-order valence-corrected chi connectivity index (χ4v) is 5.29. The molecule has 19 heavy (non-hydrogen) atoms. The van der Waals surface area contributed by atoms with Crippen molar-refractivity contribution in [3.05, 3.63) is 0 Å². The number of rotatable bonds is 3. The first-order valence-corrected chi connectivity index (χ1v) is 8.45. The number of piperidine rings is 1. The fraction of sp³-hybridized carbons (Fsp3) is 1.00. The molecule has 2 N–H and O–H groups in total. The molecular formula is C16H31N3. The van der Waals surface area contributed by atoms with Gasteiger partial charge in [-0.05, 0) is 52.0 Å². The third kappa shape index (κ3) is 2.05. The Hall–Kier alpha value is -0.120. The minimum Gasteiger partial charge on any atom is -0.329 e. The van der Waals surface area contributed by atoms with Crippen molar-refractivity contribution in [2.45, 2.75) is 82.5 Å². The maximum Gasteiger partial charge on any atom is 0.0504 e. The van der Waals surface area contributed by atoms with Crippen LogP contribution in [-0.2, 0) is 0 Å². The van der Waals surface area contributed by atoms with E-state index in [2.05, 4.69) is 23.6 Å². The normalized spacial score (nSPS) is 44.7. The molecule has 0 saturated carbocycles. The minimum absolute atomic E-state index is 0.289. The van der Waals surface area contributed by atoms with Crippen LogP contribution in [0.15, 0.2) is 0 Å². The Balaban J connectivity index is 1.89. The molecule has 3 heterocycles. The van der Waals surface area contributed by atoms with E-state index >= 15 is 0 Å². The van der Waals surface area contributed by atoms with E-state index in [1.54, 1.807) is 0 Å². The summed E-state index contributed by atoms with van der Waals surface area (Å²) in [5.74, 6) is 0. The van der Waals surface area contributed by atoms with E-state index in [0.29, 0.717) is 0 Å². The molecule has 3 aliphatic rings. The fourth-order valence-electron chi connectivity index (χ4n) is 5.29. The van der Waals surface area contributed by atoms with Crippen LogP contribution >= 0.6 is 0 Å². The zero-order chi connectivity index (χ0) is 13.5. The van der Waals surface area contributed by atoms with E-state index in [9.17, 15) is 0 Å². The van der Waals surface area contributed by atoms with Crippen molar-refractivity contribution >= 4 is 0 Å². The second kappa shape index (κ2) is 5.34. The molecule has 0 amide bonds. The number of hydrogen-bond donors (Lipinski definition) is 1. The Labute approximate surface area is 118 Å². The lowest BCUT2D eigenvalue weighted by molar-refractivity contribution is 0.00458. The van der Waals surface area contributed by atoms with E-state index in [0.717, 1.165) is 24.7 Å². The number of fused-ring (bicyclic) bond motifs is 1. The molecule has 3 heteroatoms. The first-order chi connectivity index (χ1) is 9.23. The van der Waals surface area contributed by atoms with Gasteiger partial charge in [0.05, 0.1) is 5.54 Å². The Morgan fingerprint density at radius 3 is 2.74 bits per heavy atom. The maximum absolute atomic E-state index is 6.37. The summed E-state index contributed by atoms with van der Waals surface area (Å²) in [5, 5.41) is 0. The summed E-state index contributed by atoms with van der Waals surface area (Å²) in [6.45, 7) is 8.23. The summed E-state index contributed by atoms with van der Waals surface area (Å²) in [7, 11) is 0. The summed E-state index contributed by atoms with van der Waals surface area (Å²) < 4.78 is 0. The quantitative estimate of drug-likeness (QED) is 0.849. The van der Waals surface area contributed by atoms with E-state index in [1.807, 2.05) is 0 Å². The predicted molar refractivity (Wildman–Crippen MR) is 80.2 cm³/mol. The highest BCUT2D eigenvalue weighted by Crippen LogP contribution is 2.44. The van der Waals surface area contributed by atoms with E-state index in [1.165, 1.54) is 58.0 Å². The van der Waals surface area contributed by atoms with Crippen molar-refractivity contribution in [2.24, 2.45) is 5.73 Å². The van der Waals surface area contributed by atoms with Gasteiger partial charge in [0.2, 0.25) is 0 Å². The largest absolute Gasteiger partial charge is 0.329 e. The molecule has 3 saturated heterocycles. The summed E-state index contributed by atoms with van der Waals surface area (Å²) in [6, 6.07) is 2.25. The van der Waals surface area contributed by atoms with Gasteiger partial charge in [0.15, 0.2) is 0 Å². The first kappa shape index (κ1) is 13.8. The average Bonchev–Trinajstić information content (AvgIpc) is 3.00. The molecule has 3 nitrogen and oxygen atoms in total. The lowest BCUT2D eigenvalue weighted by Crippen LogP contribution is -2.64. The van der Waals surface area contributed by atoms with Crippen LogP contribution in [0.3, 0.4) is 0 Å². The molecule has 4 unspecified atom stereocenters. The van der Waals surface area contributed by atoms with Crippen LogP contribution in [-0.4, -0.2) is 53.1 Å². The second-order valence-electron chi connectivity index (χ2n) is 7.00. The van der Waals surface area contributed by atoms with Gasteiger partial charge in [0, 0.05) is 31.2 Å². The molecule has 4 atom stereocenters. The van der Waals surface area contributed by atoms with Gasteiger partial charge in [0.1, 0.15) is 0 Å². The van der Waals surface area contributed by atoms with Crippen LogP contribution in [0.4, 0.5) is 0 Å². The lowest BCUT2D eigenvalue weighted by Gasteiger charge is -2.50. The van der Waals surface area contributed by atoms with E-state index in [-0.39, 0.29) is 5.54 Å². The van der Waals surface area contributed by atoms with E-state index in [4.69, 9.17) is 5.73 Å². The van der Waals surface area contributed by atoms with Gasteiger partial charge >= 0.3 is 0 Å². The number of nitrogens with two attached hydrogens (primary N) is 1. The van der Waals surface area contributed by atoms with Gasteiger partial charge in [0.25, 0.3) is 0 Å². The molecule has 3 rings (SSSR count). The minimum atomic E-state index is 0.289. The van der Waals surface area contributed by atoms with Crippen LogP contribution in [0, 0.1) is 0 Å². The number of likely N-dealkylation sites (tertiary alicyclic amines) is 1. The first-order valence-electron chi connectivity index (χ1n) is 8.45. The van der Waals surface area contributed by atoms with Crippen molar-refractivity contribution in [3.63, 3.8) is 0 Å². The number of nitrogens with zero attached hydrogens (tertiary/aromatic N) is 2. The molecule has 0 aromatic carbocycles. The second-order valence-corrected chi connectivity index (χ2v) is 7.00.